The molecule has 6 atom stereocenters. The second-order valence-corrected chi connectivity index (χ2v) is 8.75. The Morgan fingerprint density at radius 3 is 2.45 bits per heavy atom. The predicted molar refractivity (Wildman–Crippen MR) is 78.9 cm³/mol. The van der Waals surface area contributed by atoms with Crippen molar-refractivity contribution in [2.45, 2.75) is 76.9 Å². The van der Waals surface area contributed by atoms with Gasteiger partial charge in [0.15, 0.2) is 5.79 Å². The number of aliphatic hydroxyl groups is 2. The minimum Gasteiger partial charge on any atom is -0.366 e. The van der Waals surface area contributed by atoms with Crippen molar-refractivity contribution in [2.75, 3.05) is 0 Å². The molecule has 20 heavy (non-hydrogen) atoms. The van der Waals surface area contributed by atoms with Crippen LogP contribution in [0.25, 0.3) is 0 Å². The van der Waals surface area contributed by atoms with E-state index in [9.17, 15) is 10.2 Å². The molecule has 4 rings (SSSR count). The summed E-state index contributed by atoms with van der Waals surface area (Å²) in [6.07, 6.45) is 12.2. The minimum atomic E-state index is -1.36. The standard InChI is InChI=1S/C18H30O2/c1-17-8-2-3-16(17)15-5-4-12-11-18(19,20)10-7-13(12)14(15)6-9-17/h12-16,19-20H,2-11H2,1H3/t12?,13?,14?,15?,16?,17-/m0/s1. The number of hydrogen-bond donors (Lipinski definition) is 2. The maximum absolute atomic E-state index is 9.96. The Kier molecular flexibility index (Phi) is 3.03. The molecule has 5 unspecified atom stereocenters. The Bertz CT molecular complexity index is 391. The fourth-order valence-corrected chi connectivity index (χ4v) is 6.85. The molecule has 0 amide bonds. The highest BCUT2D eigenvalue weighted by molar-refractivity contribution is 5.03. The van der Waals surface area contributed by atoms with E-state index >= 15 is 0 Å². The van der Waals surface area contributed by atoms with Crippen molar-refractivity contribution in [3.63, 3.8) is 0 Å². The fraction of sp³-hybridized carbons (Fsp3) is 1.00. The van der Waals surface area contributed by atoms with Crippen molar-refractivity contribution >= 4 is 0 Å². The van der Waals surface area contributed by atoms with Crippen LogP contribution in [-0.2, 0) is 0 Å². The molecule has 0 heterocycles. The maximum Gasteiger partial charge on any atom is 0.162 e. The van der Waals surface area contributed by atoms with Gasteiger partial charge in [-0.3, -0.25) is 0 Å². The molecule has 2 N–H and O–H groups in total. The van der Waals surface area contributed by atoms with Crippen LogP contribution in [0, 0.1) is 35.0 Å². The van der Waals surface area contributed by atoms with E-state index in [4.69, 9.17) is 0 Å². The molecule has 0 radical (unpaired) electrons. The van der Waals surface area contributed by atoms with Gasteiger partial charge in [-0.15, -0.1) is 0 Å². The third kappa shape index (κ3) is 1.98. The largest absolute Gasteiger partial charge is 0.366 e. The summed E-state index contributed by atoms with van der Waals surface area (Å²) in [7, 11) is 0. The average Bonchev–Trinajstić information content (AvgIpc) is 2.78. The normalized spacial score (nSPS) is 53.9. The van der Waals surface area contributed by atoms with E-state index in [1.807, 2.05) is 0 Å². The van der Waals surface area contributed by atoms with Crippen LogP contribution in [0.15, 0.2) is 0 Å². The molecule has 114 valence electrons. The molecule has 0 aromatic rings. The van der Waals surface area contributed by atoms with Crippen molar-refractivity contribution < 1.29 is 10.2 Å². The second kappa shape index (κ2) is 4.46. The minimum absolute atomic E-state index is 0.589. The Morgan fingerprint density at radius 1 is 0.800 bits per heavy atom. The van der Waals surface area contributed by atoms with Crippen molar-refractivity contribution in [1.82, 2.24) is 0 Å². The quantitative estimate of drug-likeness (QED) is 0.663. The first-order valence-corrected chi connectivity index (χ1v) is 8.93. The van der Waals surface area contributed by atoms with Crippen LogP contribution < -0.4 is 0 Å². The zero-order valence-electron chi connectivity index (χ0n) is 12.9. The van der Waals surface area contributed by atoms with Crippen molar-refractivity contribution in [3.05, 3.63) is 0 Å². The Labute approximate surface area is 123 Å². The highest BCUT2D eigenvalue weighted by Crippen LogP contribution is 2.62. The molecule has 4 aliphatic rings. The monoisotopic (exact) mass is 278 g/mol. The van der Waals surface area contributed by atoms with Gasteiger partial charge in [0.25, 0.3) is 0 Å². The lowest BCUT2D eigenvalue weighted by Crippen LogP contribution is -2.50. The summed E-state index contributed by atoms with van der Waals surface area (Å²) in [5, 5.41) is 19.9. The van der Waals surface area contributed by atoms with Crippen LogP contribution >= 0.6 is 0 Å². The smallest absolute Gasteiger partial charge is 0.162 e. The molecule has 2 nitrogen and oxygen atoms in total. The van der Waals surface area contributed by atoms with Crippen molar-refractivity contribution in [1.29, 1.82) is 0 Å². The molecule has 0 aromatic heterocycles. The SMILES string of the molecule is C[C@@]12CCCC1C1CCC3CC(O)(O)CCC3C1CC2. The van der Waals surface area contributed by atoms with Crippen LogP contribution in [0.2, 0.25) is 0 Å². The van der Waals surface area contributed by atoms with Crippen LogP contribution in [-0.4, -0.2) is 16.0 Å². The molecular weight excluding hydrogens is 248 g/mol. The van der Waals surface area contributed by atoms with E-state index in [1.165, 1.54) is 44.9 Å². The summed E-state index contributed by atoms with van der Waals surface area (Å²) in [5.74, 6) is 2.88. The molecule has 4 saturated carbocycles. The summed E-state index contributed by atoms with van der Waals surface area (Å²) in [5.41, 5.74) is 0.653. The van der Waals surface area contributed by atoms with Gasteiger partial charge in [0.2, 0.25) is 0 Å². The maximum atomic E-state index is 9.96. The first-order valence-electron chi connectivity index (χ1n) is 8.93. The summed E-state index contributed by atoms with van der Waals surface area (Å²) >= 11 is 0. The molecule has 4 aliphatic carbocycles. The molecule has 0 saturated heterocycles. The average molecular weight is 278 g/mol. The van der Waals surface area contributed by atoms with Crippen molar-refractivity contribution in [3.8, 4) is 0 Å². The number of fused-ring (bicyclic) bond motifs is 5. The number of rotatable bonds is 0. The Morgan fingerprint density at radius 2 is 1.60 bits per heavy atom. The van der Waals surface area contributed by atoms with Gasteiger partial charge in [-0.1, -0.05) is 13.3 Å². The highest BCUT2D eigenvalue weighted by Gasteiger charge is 2.54. The Hall–Kier alpha value is -0.0800. The number of hydrogen-bond acceptors (Lipinski definition) is 2. The zero-order valence-corrected chi connectivity index (χ0v) is 12.9. The summed E-state index contributed by atoms with van der Waals surface area (Å²) in [4.78, 5) is 0. The van der Waals surface area contributed by atoms with E-state index in [-0.39, 0.29) is 0 Å². The highest BCUT2D eigenvalue weighted by atomic mass is 16.5. The van der Waals surface area contributed by atoms with Gasteiger partial charge in [-0.05, 0) is 80.0 Å². The summed E-state index contributed by atoms with van der Waals surface area (Å²) < 4.78 is 0. The van der Waals surface area contributed by atoms with Crippen LogP contribution in [0.4, 0.5) is 0 Å². The molecule has 0 spiro atoms. The van der Waals surface area contributed by atoms with E-state index in [0.717, 1.165) is 30.1 Å². The summed E-state index contributed by atoms with van der Waals surface area (Å²) in [6.45, 7) is 2.56. The lowest BCUT2D eigenvalue weighted by atomic mass is 9.50. The van der Waals surface area contributed by atoms with E-state index in [2.05, 4.69) is 6.92 Å². The summed E-state index contributed by atoms with van der Waals surface area (Å²) in [6, 6.07) is 0. The van der Waals surface area contributed by atoms with Crippen molar-refractivity contribution in [2.24, 2.45) is 35.0 Å². The van der Waals surface area contributed by atoms with E-state index in [1.54, 1.807) is 0 Å². The second-order valence-electron chi connectivity index (χ2n) is 8.75. The zero-order chi connectivity index (χ0) is 14.0. The lowest BCUT2D eigenvalue weighted by Gasteiger charge is -2.55. The molecule has 2 heteroatoms. The van der Waals surface area contributed by atoms with E-state index < -0.39 is 5.79 Å². The third-order valence-electron chi connectivity index (χ3n) is 7.77. The fourth-order valence-electron chi connectivity index (χ4n) is 6.85. The molecular formula is C18H30O2. The molecule has 4 fully saturated rings. The van der Waals surface area contributed by atoms with Gasteiger partial charge >= 0.3 is 0 Å². The topological polar surface area (TPSA) is 40.5 Å². The van der Waals surface area contributed by atoms with Gasteiger partial charge in [0.05, 0.1) is 0 Å². The molecule has 0 bridgehead atoms. The third-order valence-corrected chi connectivity index (χ3v) is 7.77. The molecule has 0 aromatic carbocycles. The molecule has 0 aliphatic heterocycles. The first kappa shape index (κ1) is 13.6. The van der Waals surface area contributed by atoms with Gasteiger partial charge in [0.1, 0.15) is 0 Å². The van der Waals surface area contributed by atoms with Crippen LogP contribution in [0.3, 0.4) is 0 Å². The Balaban J connectivity index is 1.55. The van der Waals surface area contributed by atoms with Crippen LogP contribution in [0.1, 0.15) is 71.1 Å². The van der Waals surface area contributed by atoms with Gasteiger partial charge < -0.3 is 10.2 Å². The van der Waals surface area contributed by atoms with Gasteiger partial charge in [-0.25, -0.2) is 0 Å². The van der Waals surface area contributed by atoms with Gasteiger partial charge in [-0.2, -0.15) is 0 Å². The van der Waals surface area contributed by atoms with Gasteiger partial charge in [0, 0.05) is 12.8 Å². The predicted octanol–water partition coefficient (Wildman–Crippen LogP) is 3.71. The first-order chi connectivity index (χ1) is 9.49. The van der Waals surface area contributed by atoms with Crippen LogP contribution in [0.5, 0.6) is 0 Å². The lowest BCUT2D eigenvalue weighted by molar-refractivity contribution is -0.212. The van der Waals surface area contributed by atoms with E-state index in [0.29, 0.717) is 24.2 Å².